The number of carbonyl (C=O) groups excluding carboxylic acids is 2. The van der Waals surface area contributed by atoms with Crippen LogP contribution < -0.4 is 15.2 Å². The molecule has 43 heavy (non-hydrogen) atoms. The Kier molecular flexibility index (Phi) is 9.55. The van der Waals surface area contributed by atoms with Gasteiger partial charge in [-0.2, -0.15) is 4.31 Å². The summed E-state index contributed by atoms with van der Waals surface area (Å²) in [7, 11) is -4.85. The van der Waals surface area contributed by atoms with E-state index in [9.17, 15) is 26.4 Å². The van der Waals surface area contributed by atoms with Gasteiger partial charge in [0.15, 0.2) is 0 Å². The molecule has 4 aromatic carbocycles. The molecule has 4 rings (SSSR count). The smallest absolute Gasteiger partial charge is 0.269 e. The second-order valence-electron chi connectivity index (χ2n) is 9.63. The highest BCUT2D eigenvalue weighted by Crippen LogP contribution is 2.26. The molecule has 0 spiro atoms. The van der Waals surface area contributed by atoms with Crippen LogP contribution in [0.15, 0.2) is 107 Å². The Labute approximate surface area is 256 Å². The number of aryl methyl sites for hydroxylation is 1. The first-order chi connectivity index (χ1) is 20.3. The molecule has 0 bridgehead atoms. The maximum atomic E-state index is 13.1. The largest absolute Gasteiger partial charge is 0.271 e. The third kappa shape index (κ3) is 7.23. The Morgan fingerprint density at radius 1 is 0.721 bits per heavy atom. The third-order valence-corrected chi connectivity index (χ3v) is 10.5. The van der Waals surface area contributed by atoms with Gasteiger partial charge in [0.1, 0.15) is 0 Å². The summed E-state index contributed by atoms with van der Waals surface area (Å²) in [5.74, 6) is -1.47. The Morgan fingerprint density at radius 3 is 1.93 bits per heavy atom. The van der Waals surface area contributed by atoms with Crippen LogP contribution in [0.5, 0.6) is 0 Å². The minimum Gasteiger partial charge on any atom is -0.269 e. The fourth-order valence-electron chi connectivity index (χ4n) is 4.02. The van der Waals surface area contributed by atoms with E-state index in [-0.39, 0.29) is 32.5 Å². The molecule has 0 aliphatic heterocycles. The van der Waals surface area contributed by atoms with Gasteiger partial charge in [0.2, 0.25) is 10.0 Å². The van der Waals surface area contributed by atoms with Crippen LogP contribution in [-0.2, 0) is 26.6 Å². The van der Waals surface area contributed by atoms with E-state index in [2.05, 4.69) is 10.9 Å². The lowest BCUT2D eigenvalue weighted by Gasteiger charge is -2.20. The van der Waals surface area contributed by atoms with Crippen molar-refractivity contribution in [1.29, 1.82) is 0 Å². The van der Waals surface area contributed by atoms with Crippen molar-refractivity contribution >= 4 is 49.1 Å². The zero-order valence-electron chi connectivity index (χ0n) is 23.5. The van der Waals surface area contributed by atoms with E-state index in [0.29, 0.717) is 11.3 Å². The number of carbonyl (C=O) groups is 2. The fourth-order valence-corrected chi connectivity index (χ4v) is 6.61. The van der Waals surface area contributed by atoms with Gasteiger partial charge in [0.25, 0.3) is 21.8 Å². The number of anilines is 1. The quantitative estimate of drug-likeness (QED) is 0.261. The number of rotatable bonds is 9. The van der Waals surface area contributed by atoms with Crippen LogP contribution in [-0.4, -0.2) is 47.1 Å². The van der Waals surface area contributed by atoms with Crippen molar-refractivity contribution in [1.82, 2.24) is 15.2 Å². The number of nitrogens with one attached hydrogen (secondary N) is 2. The van der Waals surface area contributed by atoms with Gasteiger partial charge >= 0.3 is 0 Å². The zero-order valence-corrected chi connectivity index (χ0v) is 25.9. The van der Waals surface area contributed by atoms with Crippen LogP contribution in [0.3, 0.4) is 0 Å². The Balaban J connectivity index is 1.40. The highest BCUT2D eigenvalue weighted by Gasteiger charge is 2.24. The minimum absolute atomic E-state index is 0.0119. The molecule has 0 radical (unpaired) electrons. The van der Waals surface area contributed by atoms with Crippen LogP contribution in [0, 0.1) is 6.92 Å². The second kappa shape index (κ2) is 13.0. The van der Waals surface area contributed by atoms with E-state index < -0.39 is 31.9 Å². The van der Waals surface area contributed by atoms with E-state index >= 15 is 0 Å². The lowest BCUT2D eigenvalue weighted by Crippen LogP contribution is -2.41. The van der Waals surface area contributed by atoms with Crippen LogP contribution in [0.1, 0.15) is 31.8 Å². The molecule has 0 saturated heterocycles. The van der Waals surface area contributed by atoms with Gasteiger partial charge in [-0.15, -0.1) is 0 Å². The summed E-state index contributed by atoms with van der Waals surface area (Å²) < 4.78 is 54.3. The summed E-state index contributed by atoms with van der Waals surface area (Å²) in [6.45, 7) is 1.95. The van der Waals surface area contributed by atoms with Crippen molar-refractivity contribution < 1.29 is 26.4 Å². The molecule has 13 heteroatoms. The zero-order chi connectivity index (χ0) is 31.4. The first-order valence-corrected chi connectivity index (χ1v) is 16.1. The number of hydrazine groups is 1. The molecule has 4 aromatic rings. The predicted octanol–water partition coefficient (Wildman–Crippen LogP) is 4.37. The number of hydrogen-bond acceptors (Lipinski definition) is 6. The van der Waals surface area contributed by atoms with Crippen molar-refractivity contribution in [3.63, 3.8) is 0 Å². The summed E-state index contributed by atoms with van der Waals surface area (Å²) in [6.07, 6.45) is 0. The number of amides is 2. The third-order valence-electron chi connectivity index (χ3n) is 6.60. The molecule has 0 fully saturated rings. The van der Waals surface area contributed by atoms with Gasteiger partial charge in [0.05, 0.1) is 26.1 Å². The fraction of sp³-hybridized carbons (Fsp3) is 0.133. The molecule has 0 aliphatic rings. The van der Waals surface area contributed by atoms with Crippen molar-refractivity contribution in [3.05, 3.63) is 124 Å². The van der Waals surface area contributed by atoms with E-state index in [1.54, 1.807) is 66.7 Å². The van der Waals surface area contributed by atoms with Crippen molar-refractivity contribution in [3.8, 4) is 0 Å². The van der Waals surface area contributed by atoms with Crippen LogP contribution >= 0.6 is 11.6 Å². The minimum atomic E-state index is -4.01. The summed E-state index contributed by atoms with van der Waals surface area (Å²) in [5.41, 5.74) is 6.59. The summed E-state index contributed by atoms with van der Waals surface area (Å²) in [5, 5.41) is -0.0119. The monoisotopic (exact) mass is 640 g/mol. The van der Waals surface area contributed by atoms with E-state index in [1.165, 1.54) is 42.7 Å². The predicted molar refractivity (Wildman–Crippen MR) is 165 cm³/mol. The second-order valence-corrected chi connectivity index (χ2v) is 14.1. The molecular formula is C30H29ClN4O6S2. The molecule has 10 nitrogen and oxygen atoms in total. The number of nitrogens with zero attached hydrogens (tertiary/aromatic N) is 2. The Bertz CT molecular complexity index is 1850. The lowest BCUT2D eigenvalue weighted by molar-refractivity contribution is 0.0846. The molecule has 0 aliphatic carbocycles. The molecule has 2 amide bonds. The summed E-state index contributed by atoms with van der Waals surface area (Å²) in [6, 6.07) is 24.9. The lowest BCUT2D eigenvalue weighted by atomic mass is 10.1. The van der Waals surface area contributed by atoms with Gasteiger partial charge < -0.3 is 0 Å². The summed E-state index contributed by atoms with van der Waals surface area (Å²) >= 11 is 6.18. The molecule has 0 atom stereocenters. The number of para-hydroxylation sites is 1. The topological polar surface area (TPSA) is 133 Å². The van der Waals surface area contributed by atoms with E-state index in [4.69, 9.17) is 11.6 Å². The van der Waals surface area contributed by atoms with Gasteiger partial charge in [-0.05, 0) is 67.1 Å². The molecule has 224 valence electrons. The Hall–Kier alpha value is -4.23. The number of sulfonamides is 2. The van der Waals surface area contributed by atoms with Crippen molar-refractivity contribution in [2.45, 2.75) is 23.3 Å². The standard InChI is InChI=1S/C30H29ClN4O6S2/c1-21-9-15-25(16-10-21)42(38,39)34(2)20-22-11-13-23(14-12-22)29(36)32-33-30(37)27-19-26(17-18-28(27)31)43(40,41)35(3)24-7-5-4-6-8-24/h4-19H,20H2,1-3H3,(H,32,36)(H,33,37). The summed E-state index contributed by atoms with van der Waals surface area (Å²) in [4.78, 5) is 25.5. The molecule has 0 aromatic heterocycles. The number of benzene rings is 4. The average Bonchev–Trinajstić information content (AvgIpc) is 3.00. The average molecular weight is 641 g/mol. The van der Waals surface area contributed by atoms with Gasteiger partial charge in [-0.25, -0.2) is 16.8 Å². The van der Waals surface area contributed by atoms with Crippen LogP contribution in [0.4, 0.5) is 5.69 Å². The Morgan fingerprint density at radius 2 is 1.30 bits per heavy atom. The maximum Gasteiger partial charge on any atom is 0.271 e. The highest BCUT2D eigenvalue weighted by atomic mass is 35.5. The number of hydrogen-bond donors (Lipinski definition) is 2. The molecule has 0 saturated carbocycles. The van der Waals surface area contributed by atoms with Gasteiger partial charge in [-0.1, -0.05) is 59.6 Å². The van der Waals surface area contributed by atoms with E-state index in [1.807, 2.05) is 6.92 Å². The molecule has 0 heterocycles. The normalized spacial score (nSPS) is 11.7. The SMILES string of the molecule is Cc1ccc(S(=O)(=O)N(C)Cc2ccc(C(=O)NNC(=O)c3cc(S(=O)(=O)N(C)c4ccccc4)ccc3Cl)cc2)cc1. The number of halogens is 1. The molecular weight excluding hydrogens is 612 g/mol. The van der Waals surface area contributed by atoms with E-state index in [0.717, 1.165) is 15.9 Å². The van der Waals surface area contributed by atoms with Crippen molar-refractivity contribution in [2.75, 3.05) is 18.4 Å². The van der Waals surface area contributed by atoms with Crippen LogP contribution in [0.25, 0.3) is 0 Å². The maximum absolute atomic E-state index is 13.1. The first-order valence-electron chi connectivity index (χ1n) is 12.9. The van der Waals surface area contributed by atoms with Gasteiger partial charge in [-0.3, -0.25) is 24.7 Å². The highest BCUT2D eigenvalue weighted by molar-refractivity contribution is 7.92. The molecule has 0 unspecified atom stereocenters. The van der Waals surface area contributed by atoms with Crippen molar-refractivity contribution in [2.24, 2.45) is 0 Å². The van der Waals surface area contributed by atoms with Gasteiger partial charge in [0, 0.05) is 26.2 Å². The first kappa shape index (κ1) is 31.7. The molecule has 2 N–H and O–H groups in total. The van der Waals surface area contributed by atoms with Crippen LogP contribution in [0.2, 0.25) is 5.02 Å².